The minimum absolute atomic E-state index is 0.309. The summed E-state index contributed by atoms with van der Waals surface area (Å²) in [6.07, 6.45) is 0. The number of urea groups is 1. The maximum atomic E-state index is 13.0. The van der Waals surface area contributed by atoms with Crippen LogP contribution < -0.4 is 10.2 Å². The van der Waals surface area contributed by atoms with Crippen molar-refractivity contribution >= 4 is 39.5 Å². The van der Waals surface area contributed by atoms with Gasteiger partial charge in [-0.1, -0.05) is 46.3 Å². The lowest BCUT2D eigenvalue weighted by molar-refractivity contribution is -0.134. The Labute approximate surface area is 166 Å². The number of nitrogens with zero attached hydrogens (tertiary/aromatic N) is 2. The first-order chi connectivity index (χ1) is 12.9. The summed E-state index contributed by atoms with van der Waals surface area (Å²) in [4.78, 5) is 40.7. The van der Waals surface area contributed by atoms with Gasteiger partial charge in [0.2, 0.25) is 5.91 Å². The van der Waals surface area contributed by atoms with Gasteiger partial charge in [-0.2, -0.15) is 0 Å². The Hall–Kier alpha value is -2.67. The predicted octanol–water partition coefficient (Wildman–Crippen LogP) is 3.27. The highest BCUT2D eigenvalue weighted by molar-refractivity contribution is 9.10. The average Bonchev–Trinajstić information content (AvgIpc) is 2.87. The van der Waals surface area contributed by atoms with Gasteiger partial charge < -0.3 is 10.2 Å². The minimum Gasteiger partial charge on any atom is -0.319 e. The zero-order valence-electron chi connectivity index (χ0n) is 15.1. The zero-order valence-corrected chi connectivity index (χ0v) is 16.7. The summed E-state index contributed by atoms with van der Waals surface area (Å²) in [6, 6.07) is 15.8. The maximum absolute atomic E-state index is 13.0. The monoisotopic (exact) mass is 429 g/mol. The largest absolute Gasteiger partial charge is 0.325 e. The molecule has 1 saturated heterocycles. The topological polar surface area (TPSA) is 69.7 Å². The molecule has 27 heavy (non-hydrogen) atoms. The van der Waals surface area contributed by atoms with E-state index in [4.69, 9.17) is 0 Å². The molecule has 2 aromatic carbocycles. The van der Waals surface area contributed by atoms with Crippen LogP contribution in [0.25, 0.3) is 0 Å². The first-order valence-corrected chi connectivity index (χ1v) is 9.41. The fourth-order valence-electron chi connectivity index (χ4n) is 3.17. The van der Waals surface area contributed by atoms with Gasteiger partial charge in [-0.3, -0.25) is 14.5 Å². The normalized spacial score (nSPS) is 19.1. The summed E-state index contributed by atoms with van der Waals surface area (Å²) in [6.45, 7) is 3.63. The van der Waals surface area contributed by atoms with Gasteiger partial charge in [-0.15, -0.1) is 0 Å². The van der Waals surface area contributed by atoms with Crippen LogP contribution in [0.1, 0.15) is 19.4 Å². The van der Waals surface area contributed by atoms with Crippen molar-refractivity contribution in [2.24, 2.45) is 0 Å². The molecule has 1 aliphatic heterocycles. The molecule has 0 aliphatic carbocycles. The van der Waals surface area contributed by atoms with Gasteiger partial charge in [0.25, 0.3) is 5.91 Å². The van der Waals surface area contributed by atoms with Gasteiger partial charge in [0.1, 0.15) is 12.1 Å². The first-order valence-electron chi connectivity index (χ1n) is 8.62. The number of para-hydroxylation sites is 1. The number of carbonyl (C=O) groups excluding carboxylic acids is 3. The van der Waals surface area contributed by atoms with Gasteiger partial charge in [0, 0.05) is 16.7 Å². The molecule has 1 heterocycles. The molecular formula is C20H20BrN3O3. The van der Waals surface area contributed by atoms with Crippen LogP contribution in [-0.4, -0.2) is 35.8 Å². The standard InChI is InChI=1S/C20H20BrN3O3/c1-3-23(16-10-5-4-6-11-16)17(25)13-24-18(26)20(2,22-19(24)27)14-8-7-9-15(21)12-14/h4-12H,3,13H2,1-2H3,(H,22,27). The Morgan fingerprint density at radius 3 is 2.48 bits per heavy atom. The lowest BCUT2D eigenvalue weighted by Crippen LogP contribution is -2.44. The highest BCUT2D eigenvalue weighted by Gasteiger charge is 2.49. The van der Waals surface area contributed by atoms with E-state index >= 15 is 0 Å². The van der Waals surface area contributed by atoms with Gasteiger partial charge in [0.15, 0.2) is 0 Å². The smallest absolute Gasteiger partial charge is 0.319 e. The summed E-state index contributed by atoms with van der Waals surface area (Å²) in [7, 11) is 0. The molecule has 1 atom stereocenters. The van der Waals surface area contributed by atoms with Crippen molar-refractivity contribution in [3.63, 3.8) is 0 Å². The third kappa shape index (κ3) is 3.60. The molecule has 0 spiro atoms. The number of nitrogens with one attached hydrogen (secondary N) is 1. The van der Waals surface area contributed by atoms with E-state index in [1.807, 2.05) is 43.3 Å². The van der Waals surface area contributed by atoms with E-state index in [0.29, 0.717) is 12.1 Å². The lowest BCUT2D eigenvalue weighted by atomic mass is 9.92. The number of benzene rings is 2. The highest BCUT2D eigenvalue weighted by Crippen LogP contribution is 2.30. The average molecular weight is 430 g/mol. The molecule has 7 heteroatoms. The molecule has 0 saturated carbocycles. The molecule has 3 rings (SSSR count). The summed E-state index contributed by atoms with van der Waals surface area (Å²) in [5.41, 5.74) is 0.178. The lowest BCUT2D eigenvalue weighted by Gasteiger charge is -2.24. The summed E-state index contributed by atoms with van der Waals surface area (Å²) >= 11 is 3.38. The van der Waals surface area contributed by atoms with Gasteiger partial charge in [-0.25, -0.2) is 4.79 Å². The van der Waals surface area contributed by atoms with Crippen molar-refractivity contribution in [3.8, 4) is 0 Å². The number of anilines is 1. The Morgan fingerprint density at radius 1 is 1.15 bits per heavy atom. The van der Waals surface area contributed by atoms with Gasteiger partial charge in [-0.05, 0) is 43.7 Å². The number of likely N-dealkylation sites (N-methyl/N-ethyl adjacent to an activating group) is 1. The molecule has 0 bridgehead atoms. The summed E-state index contributed by atoms with van der Waals surface area (Å²) in [5.74, 6) is -0.756. The second-order valence-electron chi connectivity index (χ2n) is 6.43. The Bertz CT molecular complexity index is 887. The van der Waals surface area contributed by atoms with Crippen molar-refractivity contribution in [1.82, 2.24) is 10.2 Å². The zero-order chi connectivity index (χ0) is 19.6. The number of halogens is 1. The number of hydrogen-bond acceptors (Lipinski definition) is 3. The van der Waals surface area contributed by atoms with Crippen LogP contribution in [0, 0.1) is 0 Å². The Kier molecular flexibility index (Phi) is 5.32. The SMILES string of the molecule is CCN(C(=O)CN1C(=O)NC(C)(c2cccc(Br)c2)C1=O)c1ccccc1. The van der Waals surface area contributed by atoms with Crippen LogP contribution >= 0.6 is 15.9 Å². The molecule has 4 amide bonds. The molecule has 0 radical (unpaired) electrons. The number of rotatable bonds is 5. The summed E-state index contributed by atoms with van der Waals surface area (Å²) < 4.78 is 0.805. The fraction of sp³-hybridized carbons (Fsp3) is 0.250. The van der Waals surface area contributed by atoms with Crippen LogP contribution in [0.2, 0.25) is 0 Å². The van der Waals surface area contributed by atoms with E-state index in [2.05, 4.69) is 21.2 Å². The van der Waals surface area contributed by atoms with E-state index in [-0.39, 0.29) is 12.5 Å². The van der Waals surface area contributed by atoms with Gasteiger partial charge in [0.05, 0.1) is 0 Å². The van der Waals surface area contributed by atoms with Gasteiger partial charge >= 0.3 is 6.03 Å². The minimum atomic E-state index is -1.20. The predicted molar refractivity (Wildman–Crippen MR) is 106 cm³/mol. The number of carbonyl (C=O) groups is 3. The van der Waals surface area contributed by atoms with Crippen molar-refractivity contribution in [2.45, 2.75) is 19.4 Å². The van der Waals surface area contributed by atoms with Crippen LogP contribution in [-0.2, 0) is 15.1 Å². The van der Waals surface area contributed by atoms with E-state index in [1.54, 1.807) is 30.0 Å². The van der Waals surface area contributed by atoms with E-state index in [9.17, 15) is 14.4 Å². The van der Waals surface area contributed by atoms with E-state index in [0.717, 1.165) is 15.1 Å². The summed E-state index contributed by atoms with van der Waals surface area (Å²) in [5, 5.41) is 2.72. The molecule has 1 N–H and O–H groups in total. The molecule has 6 nitrogen and oxygen atoms in total. The van der Waals surface area contributed by atoms with Crippen molar-refractivity contribution in [1.29, 1.82) is 0 Å². The molecular weight excluding hydrogens is 410 g/mol. The van der Waals surface area contributed by atoms with Crippen LogP contribution in [0.4, 0.5) is 10.5 Å². The molecule has 1 aliphatic rings. The van der Waals surface area contributed by atoms with Crippen molar-refractivity contribution in [2.75, 3.05) is 18.0 Å². The molecule has 2 aromatic rings. The Morgan fingerprint density at radius 2 is 1.85 bits per heavy atom. The van der Waals surface area contributed by atoms with Crippen LogP contribution in [0.5, 0.6) is 0 Å². The Balaban J connectivity index is 1.82. The fourth-order valence-corrected chi connectivity index (χ4v) is 3.57. The number of amides is 4. The van der Waals surface area contributed by atoms with Crippen molar-refractivity contribution in [3.05, 3.63) is 64.6 Å². The highest BCUT2D eigenvalue weighted by atomic mass is 79.9. The molecule has 140 valence electrons. The van der Waals surface area contributed by atoms with Crippen molar-refractivity contribution < 1.29 is 14.4 Å². The second kappa shape index (κ2) is 7.52. The molecule has 1 fully saturated rings. The third-order valence-electron chi connectivity index (χ3n) is 4.66. The van der Waals surface area contributed by atoms with Crippen LogP contribution in [0.3, 0.4) is 0 Å². The second-order valence-corrected chi connectivity index (χ2v) is 7.35. The molecule has 1 unspecified atom stereocenters. The quantitative estimate of drug-likeness (QED) is 0.741. The first kappa shape index (κ1) is 19.1. The molecule has 0 aromatic heterocycles. The van der Waals surface area contributed by atoms with Crippen LogP contribution in [0.15, 0.2) is 59.1 Å². The number of hydrogen-bond donors (Lipinski definition) is 1. The van der Waals surface area contributed by atoms with E-state index < -0.39 is 17.5 Å². The third-order valence-corrected chi connectivity index (χ3v) is 5.15. The maximum Gasteiger partial charge on any atom is 0.325 e. The number of imide groups is 1. The van der Waals surface area contributed by atoms with E-state index in [1.165, 1.54) is 0 Å².